The maximum absolute atomic E-state index is 13.9. The van der Waals surface area contributed by atoms with Gasteiger partial charge >= 0.3 is 0 Å². The quantitative estimate of drug-likeness (QED) is 0.423. The number of rotatable bonds is 7. The standard InChI is InChI=1S/C18H19ClFN3O2S/c1-3-21-18(26)23-22-10-12-6-4-9-16(24-2)17(12)25-11-13-14(19)7-5-8-15(13)20/h4-10H,3,11H2,1-2H3,(H2,21,23,26). The molecule has 0 spiro atoms. The molecule has 138 valence electrons. The lowest BCUT2D eigenvalue weighted by atomic mass is 10.2. The second-order valence-electron chi connectivity index (χ2n) is 5.10. The van der Waals surface area contributed by atoms with E-state index in [1.165, 1.54) is 13.2 Å². The number of halogens is 2. The summed E-state index contributed by atoms with van der Waals surface area (Å²) >= 11 is 11.1. The van der Waals surface area contributed by atoms with Gasteiger partial charge in [-0.2, -0.15) is 5.10 Å². The smallest absolute Gasteiger partial charge is 0.186 e. The lowest BCUT2D eigenvalue weighted by Gasteiger charge is -2.14. The number of nitrogens with zero attached hydrogens (tertiary/aromatic N) is 1. The Kier molecular flexibility index (Phi) is 7.62. The highest BCUT2D eigenvalue weighted by molar-refractivity contribution is 7.80. The maximum atomic E-state index is 13.9. The van der Waals surface area contributed by atoms with Crippen molar-refractivity contribution < 1.29 is 13.9 Å². The number of thiocarbonyl (C=S) groups is 1. The minimum absolute atomic E-state index is 0.0457. The van der Waals surface area contributed by atoms with E-state index in [0.29, 0.717) is 33.7 Å². The molecule has 0 saturated heterocycles. The van der Waals surface area contributed by atoms with Crippen molar-refractivity contribution in [1.29, 1.82) is 0 Å². The lowest BCUT2D eigenvalue weighted by Crippen LogP contribution is -2.31. The highest BCUT2D eigenvalue weighted by Crippen LogP contribution is 2.31. The van der Waals surface area contributed by atoms with Gasteiger partial charge in [-0.3, -0.25) is 5.43 Å². The number of methoxy groups -OCH3 is 1. The van der Waals surface area contributed by atoms with Crippen LogP contribution in [0.5, 0.6) is 11.5 Å². The van der Waals surface area contributed by atoms with Crippen molar-refractivity contribution in [2.45, 2.75) is 13.5 Å². The van der Waals surface area contributed by atoms with Crippen LogP contribution in [0.25, 0.3) is 0 Å². The zero-order chi connectivity index (χ0) is 18.9. The van der Waals surface area contributed by atoms with Crippen molar-refractivity contribution in [2.24, 2.45) is 5.10 Å². The zero-order valence-corrected chi connectivity index (χ0v) is 16.0. The first kappa shape index (κ1) is 19.9. The molecular formula is C18H19ClFN3O2S. The molecule has 2 aromatic rings. The van der Waals surface area contributed by atoms with Gasteiger partial charge in [0.05, 0.1) is 18.3 Å². The van der Waals surface area contributed by atoms with E-state index in [0.717, 1.165) is 0 Å². The Labute approximate surface area is 162 Å². The molecule has 8 heteroatoms. The van der Waals surface area contributed by atoms with Crippen molar-refractivity contribution in [3.05, 3.63) is 58.4 Å². The Morgan fingerprint density at radius 2 is 2.08 bits per heavy atom. The fourth-order valence-electron chi connectivity index (χ4n) is 2.12. The summed E-state index contributed by atoms with van der Waals surface area (Å²) in [5.41, 5.74) is 3.62. The van der Waals surface area contributed by atoms with Crippen molar-refractivity contribution in [3.8, 4) is 11.5 Å². The summed E-state index contributed by atoms with van der Waals surface area (Å²) in [7, 11) is 1.53. The number of hydrogen-bond donors (Lipinski definition) is 2. The molecule has 0 radical (unpaired) electrons. The molecule has 5 nitrogen and oxygen atoms in total. The number of hydrogen-bond acceptors (Lipinski definition) is 4. The third-order valence-corrected chi connectivity index (χ3v) is 3.95. The predicted octanol–water partition coefficient (Wildman–Crippen LogP) is 3.88. The van der Waals surface area contributed by atoms with Crippen LogP contribution in [0.15, 0.2) is 41.5 Å². The van der Waals surface area contributed by atoms with Gasteiger partial charge in [-0.15, -0.1) is 0 Å². The Morgan fingerprint density at radius 1 is 1.31 bits per heavy atom. The minimum atomic E-state index is -0.430. The monoisotopic (exact) mass is 395 g/mol. The van der Waals surface area contributed by atoms with Crippen LogP contribution in [-0.4, -0.2) is 25.0 Å². The molecule has 0 heterocycles. The van der Waals surface area contributed by atoms with Crippen LogP contribution in [0.3, 0.4) is 0 Å². The Morgan fingerprint density at radius 3 is 2.77 bits per heavy atom. The fraction of sp³-hybridized carbons (Fsp3) is 0.222. The molecule has 2 aromatic carbocycles. The molecule has 0 bridgehead atoms. The zero-order valence-electron chi connectivity index (χ0n) is 14.4. The first-order chi connectivity index (χ1) is 12.6. The summed E-state index contributed by atoms with van der Waals surface area (Å²) < 4.78 is 25.1. The van der Waals surface area contributed by atoms with Crippen LogP contribution in [0.4, 0.5) is 4.39 Å². The van der Waals surface area contributed by atoms with E-state index < -0.39 is 5.82 Å². The average molecular weight is 396 g/mol. The largest absolute Gasteiger partial charge is 0.493 e. The van der Waals surface area contributed by atoms with Crippen molar-refractivity contribution in [1.82, 2.24) is 10.7 Å². The van der Waals surface area contributed by atoms with Gasteiger partial charge < -0.3 is 14.8 Å². The van der Waals surface area contributed by atoms with E-state index >= 15 is 0 Å². The molecule has 2 rings (SSSR count). The van der Waals surface area contributed by atoms with Gasteiger partial charge in [0.15, 0.2) is 16.6 Å². The van der Waals surface area contributed by atoms with E-state index in [4.69, 9.17) is 33.3 Å². The molecule has 0 aliphatic heterocycles. The molecule has 0 saturated carbocycles. The van der Waals surface area contributed by atoms with E-state index in [9.17, 15) is 4.39 Å². The van der Waals surface area contributed by atoms with Gasteiger partial charge in [0.1, 0.15) is 12.4 Å². The minimum Gasteiger partial charge on any atom is -0.493 e. The maximum Gasteiger partial charge on any atom is 0.186 e. The fourth-order valence-corrected chi connectivity index (χ4v) is 2.54. The third kappa shape index (κ3) is 5.31. The van der Waals surface area contributed by atoms with Gasteiger partial charge in [-0.1, -0.05) is 23.7 Å². The highest BCUT2D eigenvalue weighted by Gasteiger charge is 2.13. The molecule has 0 aliphatic carbocycles. The number of hydrazone groups is 1. The summed E-state index contributed by atoms with van der Waals surface area (Å²) in [5, 5.41) is 7.70. The molecule has 0 atom stereocenters. The molecule has 0 aromatic heterocycles. The van der Waals surface area contributed by atoms with Gasteiger partial charge in [0.2, 0.25) is 0 Å². The number of para-hydroxylation sites is 1. The van der Waals surface area contributed by atoms with Crippen LogP contribution >= 0.6 is 23.8 Å². The van der Waals surface area contributed by atoms with E-state index in [2.05, 4.69) is 15.8 Å². The van der Waals surface area contributed by atoms with Gasteiger partial charge in [0.25, 0.3) is 0 Å². The Hall–Kier alpha value is -2.38. The van der Waals surface area contributed by atoms with Crippen LogP contribution in [-0.2, 0) is 6.61 Å². The summed E-state index contributed by atoms with van der Waals surface area (Å²) in [5.74, 6) is 0.491. The molecule has 0 unspecified atom stereocenters. The van der Waals surface area contributed by atoms with Crippen molar-refractivity contribution in [2.75, 3.05) is 13.7 Å². The molecule has 26 heavy (non-hydrogen) atoms. The average Bonchev–Trinajstić information content (AvgIpc) is 2.62. The number of nitrogens with one attached hydrogen (secondary N) is 2. The van der Waals surface area contributed by atoms with E-state index in [1.54, 1.807) is 36.5 Å². The first-order valence-corrected chi connectivity index (χ1v) is 8.65. The van der Waals surface area contributed by atoms with Crippen molar-refractivity contribution in [3.63, 3.8) is 0 Å². The molecule has 2 N–H and O–H groups in total. The molecule has 0 fully saturated rings. The molecule has 0 aliphatic rings. The lowest BCUT2D eigenvalue weighted by molar-refractivity contribution is 0.279. The normalized spacial score (nSPS) is 10.6. The van der Waals surface area contributed by atoms with Crippen LogP contribution in [0, 0.1) is 5.82 Å². The topological polar surface area (TPSA) is 54.9 Å². The second kappa shape index (κ2) is 9.94. The highest BCUT2D eigenvalue weighted by atomic mass is 35.5. The van der Waals surface area contributed by atoms with Gasteiger partial charge in [0, 0.05) is 17.7 Å². The Bertz CT molecular complexity index is 782. The number of benzene rings is 2. The second-order valence-corrected chi connectivity index (χ2v) is 5.91. The Balaban J connectivity index is 2.20. The number of ether oxygens (including phenoxy) is 2. The van der Waals surface area contributed by atoms with Crippen molar-refractivity contribution >= 4 is 35.1 Å². The summed E-state index contributed by atoms with van der Waals surface area (Å²) in [4.78, 5) is 0. The van der Waals surface area contributed by atoms with Crippen LogP contribution in [0.2, 0.25) is 5.02 Å². The predicted molar refractivity (Wildman–Crippen MR) is 106 cm³/mol. The molecule has 0 amide bonds. The summed E-state index contributed by atoms with van der Waals surface area (Å²) in [6.07, 6.45) is 1.55. The van der Waals surface area contributed by atoms with Gasteiger partial charge in [-0.05, 0) is 43.4 Å². The van der Waals surface area contributed by atoms with Crippen LogP contribution in [0.1, 0.15) is 18.1 Å². The van der Waals surface area contributed by atoms with E-state index in [-0.39, 0.29) is 12.2 Å². The van der Waals surface area contributed by atoms with Crippen LogP contribution < -0.4 is 20.2 Å². The SMILES string of the molecule is CCNC(=S)NN=Cc1cccc(OC)c1OCc1c(F)cccc1Cl. The van der Waals surface area contributed by atoms with Gasteiger partial charge in [-0.25, -0.2) is 4.39 Å². The third-order valence-electron chi connectivity index (χ3n) is 3.36. The summed E-state index contributed by atoms with van der Waals surface area (Å²) in [6, 6.07) is 9.82. The van der Waals surface area contributed by atoms with E-state index in [1.807, 2.05) is 6.92 Å². The summed E-state index contributed by atoms with van der Waals surface area (Å²) in [6.45, 7) is 2.58. The molecular weight excluding hydrogens is 377 g/mol. The first-order valence-electron chi connectivity index (χ1n) is 7.86.